The third-order valence-corrected chi connectivity index (χ3v) is 3.37. The molecule has 6 heteroatoms. The summed E-state index contributed by atoms with van der Waals surface area (Å²) in [6, 6.07) is 6.67. The third kappa shape index (κ3) is 3.49. The summed E-state index contributed by atoms with van der Waals surface area (Å²) in [4.78, 5) is 11.9. The highest BCUT2D eigenvalue weighted by molar-refractivity contribution is 6.30. The Hall–Kier alpha value is -2.14. The zero-order chi connectivity index (χ0) is 15.6. The van der Waals surface area contributed by atoms with Gasteiger partial charge in [0.2, 0.25) is 0 Å². The molecule has 0 aliphatic rings. The molecule has 0 heterocycles. The van der Waals surface area contributed by atoms with Gasteiger partial charge in [-0.1, -0.05) is 17.7 Å². The van der Waals surface area contributed by atoms with Crippen LogP contribution in [0.25, 0.3) is 0 Å². The Bertz CT molecular complexity index is 681. The van der Waals surface area contributed by atoms with Gasteiger partial charge in [0.05, 0.1) is 5.02 Å². The zero-order valence-electron chi connectivity index (χ0n) is 11.2. The number of carbonyl (C=O) groups is 1. The molecule has 0 aliphatic heterocycles. The number of benzene rings is 2. The molecule has 0 atom stereocenters. The number of anilines is 1. The molecule has 0 radical (unpaired) electrons. The minimum absolute atomic E-state index is 0.0210. The highest BCUT2D eigenvalue weighted by Crippen LogP contribution is 2.18. The van der Waals surface area contributed by atoms with Crippen molar-refractivity contribution < 1.29 is 13.6 Å². The summed E-state index contributed by atoms with van der Waals surface area (Å²) in [5.74, 6) is -1.54. The van der Waals surface area contributed by atoms with Crippen molar-refractivity contribution in [3.63, 3.8) is 0 Å². The second-order valence-electron chi connectivity index (χ2n) is 4.60. The average molecular weight is 311 g/mol. The van der Waals surface area contributed by atoms with Crippen molar-refractivity contribution >= 4 is 23.2 Å². The van der Waals surface area contributed by atoms with Crippen molar-refractivity contribution in [2.24, 2.45) is 0 Å². The van der Waals surface area contributed by atoms with Crippen LogP contribution in [0.3, 0.4) is 0 Å². The van der Waals surface area contributed by atoms with Crippen molar-refractivity contribution in [3.05, 3.63) is 63.7 Å². The van der Waals surface area contributed by atoms with Gasteiger partial charge in [-0.2, -0.15) is 0 Å². The Morgan fingerprint density at radius 3 is 2.57 bits per heavy atom. The van der Waals surface area contributed by atoms with Gasteiger partial charge in [0.25, 0.3) is 5.91 Å². The number of halogens is 3. The zero-order valence-corrected chi connectivity index (χ0v) is 12.0. The molecule has 2 aromatic rings. The molecule has 2 aromatic carbocycles. The SMILES string of the molecule is Cc1c(N)cc(C(=O)NCc2ccc(F)c(Cl)c2)cc1F. The number of carbonyl (C=O) groups excluding carboxylic acids is 1. The molecule has 0 spiro atoms. The maximum Gasteiger partial charge on any atom is 0.251 e. The second kappa shape index (κ2) is 6.10. The lowest BCUT2D eigenvalue weighted by Gasteiger charge is -2.08. The molecule has 0 fully saturated rings. The molecular weight excluding hydrogens is 298 g/mol. The fourth-order valence-corrected chi connectivity index (χ4v) is 1.97. The van der Waals surface area contributed by atoms with Crippen LogP contribution in [0.4, 0.5) is 14.5 Å². The molecule has 0 unspecified atom stereocenters. The van der Waals surface area contributed by atoms with Crippen LogP contribution in [0.1, 0.15) is 21.5 Å². The van der Waals surface area contributed by atoms with Crippen LogP contribution in [-0.4, -0.2) is 5.91 Å². The molecule has 1 amide bonds. The molecule has 0 aliphatic carbocycles. The lowest BCUT2D eigenvalue weighted by Crippen LogP contribution is -2.23. The highest BCUT2D eigenvalue weighted by Gasteiger charge is 2.11. The van der Waals surface area contributed by atoms with E-state index in [1.165, 1.54) is 31.2 Å². The number of hydrogen-bond acceptors (Lipinski definition) is 2. The first-order valence-electron chi connectivity index (χ1n) is 6.16. The number of hydrogen-bond donors (Lipinski definition) is 2. The lowest BCUT2D eigenvalue weighted by atomic mass is 10.1. The summed E-state index contributed by atoms with van der Waals surface area (Å²) in [6.45, 7) is 1.68. The van der Waals surface area contributed by atoms with Crippen LogP contribution in [0.2, 0.25) is 5.02 Å². The molecule has 0 saturated carbocycles. The molecule has 3 N–H and O–H groups in total. The van der Waals surface area contributed by atoms with Gasteiger partial charge in [0, 0.05) is 23.4 Å². The van der Waals surface area contributed by atoms with Gasteiger partial charge < -0.3 is 11.1 Å². The molecule has 3 nitrogen and oxygen atoms in total. The van der Waals surface area contributed by atoms with Crippen molar-refractivity contribution in [1.29, 1.82) is 0 Å². The number of nitrogens with one attached hydrogen (secondary N) is 1. The summed E-state index contributed by atoms with van der Waals surface area (Å²) in [5, 5.41) is 2.57. The summed E-state index contributed by atoms with van der Waals surface area (Å²) in [5.41, 5.74) is 6.90. The van der Waals surface area contributed by atoms with Gasteiger partial charge in [0.1, 0.15) is 11.6 Å². The van der Waals surface area contributed by atoms with Gasteiger partial charge in [-0.3, -0.25) is 4.79 Å². The normalized spacial score (nSPS) is 10.5. The monoisotopic (exact) mass is 310 g/mol. The van der Waals surface area contributed by atoms with Crippen molar-refractivity contribution in [1.82, 2.24) is 5.32 Å². The van der Waals surface area contributed by atoms with Gasteiger partial charge in [-0.15, -0.1) is 0 Å². The Labute approximate surface area is 125 Å². The molecule has 2 rings (SSSR count). The van der Waals surface area contributed by atoms with E-state index in [0.29, 0.717) is 11.1 Å². The Morgan fingerprint density at radius 2 is 1.95 bits per heavy atom. The predicted octanol–water partition coefficient (Wildman–Crippen LogP) is 3.44. The smallest absolute Gasteiger partial charge is 0.251 e. The van der Waals surface area contributed by atoms with E-state index >= 15 is 0 Å². The molecular formula is C15H13ClF2N2O. The van der Waals surface area contributed by atoms with Crippen LogP contribution in [0.15, 0.2) is 30.3 Å². The van der Waals surface area contributed by atoms with Gasteiger partial charge >= 0.3 is 0 Å². The maximum atomic E-state index is 13.5. The minimum Gasteiger partial charge on any atom is -0.398 e. The van der Waals surface area contributed by atoms with Gasteiger partial charge in [-0.05, 0) is 36.8 Å². The first kappa shape index (κ1) is 15.3. The third-order valence-electron chi connectivity index (χ3n) is 3.08. The van der Waals surface area contributed by atoms with E-state index in [4.69, 9.17) is 17.3 Å². The maximum absolute atomic E-state index is 13.5. The van der Waals surface area contributed by atoms with Gasteiger partial charge in [-0.25, -0.2) is 8.78 Å². The Kier molecular flexibility index (Phi) is 4.43. The van der Waals surface area contributed by atoms with E-state index < -0.39 is 17.5 Å². The van der Waals surface area contributed by atoms with Crippen molar-refractivity contribution in [3.8, 4) is 0 Å². The second-order valence-corrected chi connectivity index (χ2v) is 5.01. The molecule has 110 valence electrons. The largest absolute Gasteiger partial charge is 0.398 e. The molecule has 21 heavy (non-hydrogen) atoms. The van der Waals surface area contributed by atoms with Crippen LogP contribution >= 0.6 is 11.6 Å². The number of rotatable bonds is 3. The van der Waals surface area contributed by atoms with E-state index in [-0.39, 0.29) is 22.8 Å². The topological polar surface area (TPSA) is 55.1 Å². The Morgan fingerprint density at radius 1 is 1.24 bits per heavy atom. The lowest BCUT2D eigenvalue weighted by molar-refractivity contribution is 0.0950. The summed E-state index contributed by atoms with van der Waals surface area (Å²) < 4.78 is 26.6. The minimum atomic E-state index is -0.537. The van der Waals surface area contributed by atoms with E-state index in [1.54, 1.807) is 0 Å². The standard InChI is InChI=1S/C15H13ClF2N2O/c1-8-13(18)5-10(6-14(8)19)15(21)20-7-9-2-3-12(17)11(16)4-9/h2-6H,7,19H2,1H3,(H,20,21). The van der Waals surface area contributed by atoms with Crippen molar-refractivity contribution in [2.75, 3.05) is 5.73 Å². The van der Waals surface area contributed by atoms with E-state index in [9.17, 15) is 13.6 Å². The first-order valence-corrected chi connectivity index (χ1v) is 6.54. The van der Waals surface area contributed by atoms with Crippen LogP contribution < -0.4 is 11.1 Å². The molecule has 0 bridgehead atoms. The number of amides is 1. The summed E-state index contributed by atoms with van der Waals surface area (Å²) in [6.07, 6.45) is 0. The quantitative estimate of drug-likeness (QED) is 0.853. The highest BCUT2D eigenvalue weighted by atomic mass is 35.5. The van der Waals surface area contributed by atoms with Crippen LogP contribution in [0, 0.1) is 18.6 Å². The Balaban J connectivity index is 2.10. The van der Waals surface area contributed by atoms with E-state index in [1.807, 2.05) is 0 Å². The molecule has 0 aromatic heterocycles. The number of nitrogen functional groups attached to an aromatic ring is 1. The predicted molar refractivity (Wildman–Crippen MR) is 78.1 cm³/mol. The average Bonchev–Trinajstić information content (AvgIpc) is 2.45. The van der Waals surface area contributed by atoms with Crippen LogP contribution in [-0.2, 0) is 6.54 Å². The summed E-state index contributed by atoms with van der Waals surface area (Å²) >= 11 is 5.65. The fraction of sp³-hybridized carbons (Fsp3) is 0.133. The number of nitrogens with two attached hydrogens (primary N) is 1. The van der Waals surface area contributed by atoms with E-state index in [0.717, 1.165) is 6.07 Å². The first-order chi connectivity index (χ1) is 9.88. The van der Waals surface area contributed by atoms with E-state index in [2.05, 4.69) is 5.32 Å². The summed E-state index contributed by atoms with van der Waals surface area (Å²) in [7, 11) is 0. The van der Waals surface area contributed by atoms with Gasteiger partial charge in [0.15, 0.2) is 0 Å². The fourth-order valence-electron chi connectivity index (χ4n) is 1.77. The van der Waals surface area contributed by atoms with Crippen molar-refractivity contribution in [2.45, 2.75) is 13.5 Å². The van der Waals surface area contributed by atoms with Crippen LogP contribution in [0.5, 0.6) is 0 Å². The molecule has 0 saturated heterocycles.